The lowest BCUT2D eigenvalue weighted by Crippen LogP contribution is -2.02. The van der Waals surface area contributed by atoms with Gasteiger partial charge in [-0.1, -0.05) is 18.2 Å². The minimum atomic E-state index is 0.544. The molecule has 0 aliphatic heterocycles. The molecular weight excluding hydrogens is 320 g/mol. The van der Waals surface area contributed by atoms with Crippen LogP contribution in [0.1, 0.15) is 5.56 Å². The number of rotatable bonds is 4. The van der Waals surface area contributed by atoms with Gasteiger partial charge in [-0.15, -0.1) is 0 Å². The zero-order chi connectivity index (χ0) is 13.9. The van der Waals surface area contributed by atoms with Gasteiger partial charge in [0.05, 0.1) is 6.61 Å². The highest BCUT2D eigenvalue weighted by atomic mass is 79.9. The molecule has 102 valence electrons. The average Bonchev–Trinajstić information content (AvgIpc) is 2.89. The number of nitrogens with zero attached hydrogens (tertiary/aromatic N) is 3. The molecule has 5 nitrogen and oxygen atoms in total. The Hall–Kier alpha value is -1.92. The van der Waals surface area contributed by atoms with Crippen molar-refractivity contribution in [1.29, 1.82) is 0 Å². The SMILES string of the molecule is COCc1ccccc1Nc1nc(Br)cn2ccnc12. The van der Waals surface area contributed by atoms with E-state index in [0.29, 0.717) is 12.4 Å². The monoisotopic (exact) mass is 332 g/mol. The van der Waals surface area contributed by atoms with E-state index in [4.69, 9.17) is 4.74 Å². The maximum Gasteiger partial charge on any atom is 0.180 e. The van der Waals surface area contributed by atoms with Crippen molar-refractivity contribution in [1.82, 2.24) is 14.4 Å². The van der Waals surface area contributed by atoms with Crippen LogP contribution in [0.2, 0.25) is 0 Å². The molecule has 0 amide bonds. The minimum Gasteiger partial charge on any atom is -0.380 e. The van der Waals surface area contributed by atoms with Gasteiger partial charge in [0, 0.05) is 37.0 Å². The number of aromatic nitrogens is 3. The van der Waals surface area contributed by atoms with E-state index in [1.54, 1.807) is 13.3 Å². The van der Waals surface area contributed by atoms with Crippen molar-refractivity contribution in [3.05, 3.63) is 53.0 Å². The lowest BCUT2D eigenvalue weighted by atomic mass is 10.2. The van der Waals surface area contributed by atoms with Crippen LogP contribution in [0.3, 0.4) is 0 Å². The van der Waals surface area contributed by atoms with Crippen LogP contribution in [0.5, 0.6) is 0 Å². The van der Waals surface area contributed by atoms with Gasteiger partial charge < -0.3 is 14.5 Å². The highest BCUT2D eigenvalue weighted by Gasteiger charge is 2.09. The zero-order valence-corrected chi connectivity index (χ0v) is 12.5. The van der Waals surface area contributed by atoms with E-state index in [9.17, 15) is 0 Å². The van der Waals surface area contributed by atoms with Gasteiger partial charge in [0.2, 0.25) is 0 Å². The summed E-state index contributed by atoms with van der Waals surface area (Å²) in [5, 5.41) is 3.32. The van der Waals surface area contributed by atoms with Gasteiger partial charge >= 0.3 is 0 Å². The molecule has 20 heavy (non-hydrogen) atoms. The molecule has 0 fully saturated rings. The van der Waals surface area contributed by atoms with Gasteiger partial charge in [0.1, 0.15) is 4.60 Å². The Morgan fingerprint density at radius 1 is 1.35 bits per heavy atom. The molecule has 2 aromatic heterocycles. The molecule has 1 aromatic carbocycles. The fourth-order valence-corrected chi connectivity index (χ4v) is 2.43. The smallest absolute Gasteiger partial charge is 0.180 e. The van der Waals surface area contributed by atoms with Crippen molar-refractivity contribution in [2.24, 2.45) is 0 Å². The minimum absolute atomic E-state index is 0.544. The third kappa shape index (κ3) is 2.52. The molecule has 0 spiro atoms. The Bertz CT molecular complexity index is 741. The lowest BCUT2D eigenvalue weighted by molar-refractivity contribution is 0.185. The number of nitrogens with one attached hydrogen (secondary N) is 1. The van der Waals surface area contributed by atoms with Crippen molar-refractivity contribution in [2.75, 3.05) is 12.4 Å². The first-order valence-electron chi connectivity index (χ1n) is 6.11. The fraction of sp³-hybridized carbons (Fsp3) is 0.143. The van der Waals surface area contributed by atoms with E-state index in [0.717, 1.165) is 21.5 Å². The van der Waals surface area contributed by atoms with Gasteiger partial charge in [0.15, 0.2) is 11.5 Å². The van der Waals surface area contributed by atoms with Gasteiger partial charge in [-0.3, -0.25) is 0 Å². The second-order valence-electron chi connectivity index (χ2n) is 4.29. The summed E-state index contributed by atoms with van der Waals surface area (Å²) in [6.45, 7) is 0.544. The van der Waals surface area contributed by atoms with Crippen molar-refractivity contribution in [2.45, 2.75) is 6.61 Å². The maximum absolute atomic E-state index is 5.21. The summed E-state index contributed by atoms with van der Waals surface area (Å²) in [6, 6.07) is 7.98. The molecule has 3 rings (SSSR count). The summed E-state index contributed by atoms with van der Waals surface area (Å²) in [5.74, 6) is 0.702. The summed E-state index contributed by atoms with van der Waals surface area (Å²) in [4.78, 5) is 8.77. The molecule has 0 radical (unpaired) electrons. The molecule has 0 aliphatic rings. The number of benzene rings is 1. The van der Waals surface area contributed by atoms with E-state index in [1.165, 1.54) is 0 Å². The molecule has 0 saturated heterocycles. The van der Waals surface area contributed by atoms with Crippen LogP contribution in [0.15, 0.2) is 47.5 Å². The first-order valence-corrected chi connectivity index (χ1v) is 6.90. The van der Waals surface area contributed by atoms with Crippen LogP contribution in [0.4, 0.5) is 11.5 Å². The summed E-state index contributed by atoms with van der Waals surface area (Å²) < 4.78 is 7.87. The first-order chi connectivity index (χ1) is 9.78. The second-order valence-corrected chi connectivity index (χ2v) is 5.10. The van der Waals surface area contributed by atoms with E-state index >= 15 is 0 Å². The molecule has 3 aromatic rings. The molecule has 1 N–H and O–H groups in total. The number of para-hydroxylation sites is 1. The van der Waals surface area contributed by atoms with Crippen molar-refractivity contribution in [3.8, 4) is 0 Å². The van der Waals surface area contributed by atoms with Gasteiger partial charge in [-0.2, -0.15) is 0 Å². The topological polar surface area (TPSA) is 51.5 Å². The van der Waals surface area contributed by atoms with Crippen LogP contribution < -0.4 is 5.32 Å². The van der Waals surface area contributed by atoms with Crippen molar-refractivity contribution < 1.29 is 4.74 Å². The van der Waals surface area contributed by atoms with Gasteiger partial charge in [-0.05, 0) is 22.0 Å². The number of methoxy groups -OCH3 is 1. The van der Waals surface area contributed by atoms with Crippen LogP contribution in [0, 0.1) is 0 Å². The number of imidazole rings is 1. The van der Waals surface area contributed by atoms with Gasteiger partial charge in [-0.25, -0.2) is 9.97 Å². The largest absolute Gasteiger partial charge is 0.380 e. The standard InChI is InChI=1S/C14H13BrN4O/c1-20-9-10-4-2-3-5-11(10)17-13-14-16-6-7-19(14)8-12(15)18-13/h2-8H,9H2,1H3,(H,17,18). The van der Waals surface area contributed by atoms with Crippen LogP contribution in [-0.4, -0.2) is 21.5 Å². The Labute approximate surface area is 124 Å². The molecule has 2 heterocycles. The third-order valence-electron chi connectivity index (χ3n) is 2.91. The maximum atomic E-state index is 5.21. The highest BCUT2D eigenvalue weighted by molar-refractivity contribution is 9.10. The summed E-state index contributed by atoms with van der Waals surface area (Å²) in [7, 11) is 1.68. The second kappa shape index (κ2) is 5.60. The molecule has 0 saturated carbocycles. The lowest BCUT2D eigenvalue weighted by Gasteiger charge is -2.11. The number of hydrogen-bond acceptors (Lipinski definition) is 4. The van der Waals surface area contributed by atoms with Crippen molar-refractivity contribution in [3.63, 3.8) is 0 Å². The number of hydrogen-bond donors (Lipinski definition) is 1. The van der Waals surface area contributed by atoms with E-state index in [1.807, 2.05) is 41.1 Å². The average molecular weight is 333 g/mol. The highest BCUT2D eigenvalue weighted by Crippen LogP contribution is 2.24. The van der Waals surface area contributed by atoms with Gasteiger partial charge in [0.25, 0.3) is 0 Å². The molecule has 0 atom stereocenters. The van der Waals surface area contributed by atoms with E-state index in [-0.39, 0.29) is 0 Å². The number of fused-ring (bicyclic) bond motifs is 1. The Kier molecular flexibility index (Phi) is 3.66. The Morgan fingerprint density at radius 3 is 3.05 bits per heavy atom. The number of ether oxygens (including phenoxy) is 1. The van der Waals surface area contributed by atoms with E-state index < -0.39 is 0 Å². The summed E-state index contributed by atoms with van der Waals surface area (Å²) in [6.07, 6.45) is 5.50. The van der Waals surface area contributed by atoms with E-state index in [2.05, 4.69) is 31.2 Å². The Morgan fingerprint density at radius 2 is 2.20 bits per heavy atom. The molecule has 0 unspecified atom stereocenters. The summed E-state index contributed by atoms with van der Waals surface area (Å²) in [5.41, 5.74) is 2.81. The number of halogens is 1. The first kappa shape index (κ1) is 13.1. The normalized spacial score (nSPS) is 10.9. The molecule has 0 bridgehead atoms. The molecular formula is C14H13BrN4O. The molecule has 6 heteroatoms. The third-order valence-corrected chi connectivity index (χ3v) is 3.30. The van der Waals surface area contributed by atoms with Crippen LogP contribution in [0.25, 0.3) is 5.65 Å². The predicted molar refractivity (Wildman–Crippen MR) is 81.1 cm³/mol. The Balaban J connectivity index is 2.03. The number of anilines is 2. The fourth-order valence-electron chi connectivity index (χ4n) is 2.04. The van der Waals surface area contributed by atoms with Crippen LogP contribution in [-0.2, 0) is 11.3 Å². The zero-order valence-electron chi connectivity index (χ0n) is 10.9. The molecule has 0 aliphatic carbocycles. The van der Waals surface area contributed by atoms with Crippen molar-refractivity contribution >= 4 is 33.1 Å². The van der Waals surface area contributed by atoms with Crippen LogP contribution >= 0.6 is 15.9 Å². The quantitative estimate of drug-likeness (QED) is 0.795. The summed E-state index contributed by atoms with van der Waals surface area (Å²) >= 11 is 3.41. The predicted octanol–water partition coefficient (Wildman–Crippen LogP) is 3.38.